The van der Waals surface area contributed by atoms with Crippen LogP contribution in [0.3, 0.4) is 0 Å². The average Bonchev–Trinajstić information content (AvgIpc) is 3.03. The lowest BCUT2D eigenvalue weighted by atomic mass is 10.1. The van der Waals surface area contributed by atoms with Gasteiger partial charge in [-0.05, 0) is 35.6 Å². The van der Waals surface area contributed by atoms with Crippen LogP contribution in [0.5, 0.6) is 0 Å². The molecule has 1 aliphatic carbocycles. The summed E-state index contributed by atoms with van der Waals surface area (Å²) < 4.78 is 3.38. The van der Waals surface area contributed by atoms with E-state index in [1.165, 1.54) is 0 Å². The standard InChI is InChI=1S/C12H17N7O2/c1-7(2)5-9-11(12(20)21)14-16-18(9)6-10-13-15-17-19(10)8-3-4-8/h7-8H,3-6H2,1-2H3,(H,20,21). The van der Waals surface area contributed by atoms with Crippen molar-refractivity contribution in [3.8, 4) is 0 Å². The smallest absolute Gasteiger partial charge is 0.358 e. The lowest BCUT2D eigenvalue weighted by Crippen LogP contribution is -2.15. The number of carbonyl (C=O) groups is 1. The highest BCUT2D eigenvalue weighted by molar-refractivity contribution is 5.86. The summed E-state index contributed by atoms with van der Waals surface area (Å²) >= 11 is 0. The van der Waals surface area contributed by atoms with Crippen LogP contribution in [0.25, 0.3) is 0 Å². The molecule has 0 spiro atoms. The molecule has 21 heavy (non-hydrogen) atoms. The maximum atomic E-state index is 11.2. The van der Waals surface area contributed by atoms with Crippen LogP contribution in [0, 0.1) is 5.92 Å². The van der Waals surface area contributed by atoms with Crippen molar-refractivity contribution in [3.05, 3.63) is 17.2 Å². The highest BCUT2D eigenvalue weighted by atomic mass is 16.4. The van der Waals surface area contributed by atoms with Crippen LogP contribution in [0.4, 0.5) is 0 Å². The maximum absolute atomic E-state index is 11.2. The summed E-state index contributed by atoms with van der Waals surface area (Å²) in [6, 6.07) is 0.367. The van der Waals surface area contributed by atoms with E-state index in [1.807, 2.05) is 13.8 Å². The normalized spacial score (nSPS) is 14.8. The van der Waals surface area contributed by atoms with Gasteiger partial charge in [0.1, 0.15) is 6.54 Å². The van der Waals surface area contributed by atoms with Crippen molar-refractivity contribution in [1.82, 2.24) is 35.2 Å². The summed E-state index contributed by atoms with van der Waals surface area (Å²) in [5, 5.41) is 28.6. The Labute approximate surface area is 121 Å². The Balaban J connectivity index is 1.90. The number of aromatic carboxylic acids is 1. The van der Waals surface area contributed by atoms with Crippen LogP contribution in [0.2, 0.25) is 0 Å². The second-order valence-corrected chi connectivity index (χ2v) is 5.72. The first-order valence-electron chi connectivity index (χ1n) is 6.98. The van der Waals surface area contributed by atoms with Crippen molar-refractivity contribution in [1.29, 1.82) is 0 Å². The van der Waals surface area contributed by atoms with Gasteiger partial charge in [-0.3, -0.25) is 0 Å². The van der Waals surface area contributed by atoms with Crippen LogP contribution in [0.15, 0.2) is 0 Å². The van der Waals surface area contributed by atoms with Crippen LogP contribution < -0.4 is 0 Å². The molecule has 2 aromatic rings. The first-order valence-corrected chi connectivity index (χ1v) is 6.98. The molecule has 0 bridgehead atoms. The van der Waals surface area contributed by atoms with E-state index in [0.29, 0.717) is 36.4 Å². The third-order valence-electron chi connectivity index (χ3n) is 3.39. The van der Waals surface area contributed by atoms with E-state index in [0.717, 1.165) is 12.8 Å². The molecule has 0 aliphatic heterocycles. The molecule has 1 N–H and O–H groups in total. The van der Waals surface area contributed by atoms with Gasteiger partial charge in [0.2, 0.25) is 0 Å². The Kier molecular flexibility index (Phi) is 3.40. The van der Waals surface area contributed by atoms with Crippen LogP contribution in [-0.2, 0) is 13.0 Å². The summed E-state index contributed by atoms with van der Waals surface area (Å²) in [6.07, 6.45) is 2.75. The highest BCUT2D eigenvalue weighted by Gasteiger charge is 2.28. The van der Waals surface area contributed by atoms with Gasteiger partial charge in [-0.1, -0.05) is 19.1 Å². The first-order chi connectivity index (χ1) is 10.1. The molecule has 0 saturated heterocycles. The molecule has 0 atom stereocenters. The molecule has 0 radical (unpaired) electrons. The molecule has 3 rings (SSSR count). The number of rotatable bonds is 6. The lowest BCUT2D eigenvalue weighted by molar-refractivity contribution is 0.0689. The highest BCUT2D eigenvalue weighted by Crippen LogP contribution is 2.34. The van der Waals surface area contributed by atoms with Gasteiger partial charge in [-0.25, -0.2) is 14.2 Å². The van der Waals surface area contributed by atoms with Gasteiger partial charge in [0.05, 0.1) is 11.7 Å². The monoisotopic (exact) mass is 291 g/mol. The number of hydrogen-bond donors (Lipinski definition) is 1. The van der Waals surface area contributed by atoms with Crippen molar-refractivity contribution in [2.75, 3.05) is 0 Å². The van der Waals surface area contributed by atoms with Crippen LogP contribution in [0.1, 0.15) is 54.7 Å². The number of hydrogen-bond acceptors (Lipinski definition) is 6. The fourth-order valence-corrected chi connectivity index (χ4v) is 2.27. The Bertz CT molecular complexity index is 656. The zero-order chi connectivity index (χ0) is 15.0. The Hall–Kier alpha value is -2.32. The van der Waals surface area contributed by atoms with E-state index in [4.69, 9.17) is 0 Å². The van der Waals surface area contributed by atoms with Crippen molar-refractivity contribution >= 4 is 5.97 Å². The minimum Gasteiger partial charge on any atom is -0.476 e. The molecule has 2 heterocycles. The van der Waals surface area contributed by atoms with E-state index in [1.54, 1.807) is 9.36 Å². The maximum Gasteiger partial charge on any atom is 0.358 e. The topological polar surface area (TPSA) is 112 Å². The van der Waals surface area contributed by atoms with Gasteiger partial charge in [0.25, 0.3) is 0 Å². The SMILES string of the molecule is CC(C)Cc1c(C(=O)O)nnn1Cc1nnnn1C1CC1. The van der Waals surface area contributed by atoms with Crippen molar-refractivity contribution in [2.45, 2.75) is 45.7 Å². The van der Waals surface area contributed by atoms with E-state index in [2.05, 4.69) is 25.8 Å². The number of carboxylic acids is 1. The molecule has 0 unspecified atom stereocenters. The van der Waals surface area contributed by atoms with Crippen molar-refractivity contribution < 1.29 is 9.90 Å². The predicted molar refractivity (Wildman–Crippen MR) is 70.7 cm³/mol. The third-order valence-corrected chi connectivity index (χ3v) is 3.39. The zero-order valence-electron chi connectivity index (χ0n) is 12.0. The lowest BCUT2D eigenvalue weighted by Gasteiger charge is -2.09. The van der Waals surface area contributed by atoms with Gasteiger partial charge in [0.15, 0.2) is 11.5 Å². The summed E-state index contributed by atoms with van der Waals surface area (Å²) in [7, 11) is 0. The summed E-state index contributed by atoms with van der Waals surface area (Å²) in [4.78, 5) is 11.2. The Morgan fingerprint density at radius 3 is 2.71 bits per heavy atom. The average molecular weight is 291 g/mol. The van der Waals surface area contributed by atoms with Gasteiger partial charge in [0, 0.05) is 0 Å². The summed E-state index contributed by atoms with van der Waals surface area (Å²) in [5.74, 6) is -0.0668. The molecule has 9 nitrogen and oxygen atoms in total. The Morgan fingerprint density at radius 1 is 1.33 bits per heavy atom. The van der Waals surface area contributed by atoms with Gasteiger partial charge in [-0.15, -0.1) is 10.2 Å². The molecule has 1 saturated carbocycles. The predicted octanol–water partition coefficient (Wildman–Crippen LogP) is 0.544. The van der Waals surface area contributed by atoms with Gasteiger partial charge >= 0.3 is 5.97 Å². The molecule has 0 aromatic carbocycles. The molecule has 1 aliphatic rings. The molecule has 2 aromatic heterocycles. The fourth-order valence-electron chi connectivity index (χ4n) is 2.27. The molecule has 0 amide bonds. The van der Waals surface area contributed by atoms with E-state index in [9.17, 15) is 9.90 Å². The fraction of sp³-hybridized carbons (Fsp3) is 0.667. The van der Waals surface area contributed by atoms with E-state index < -0.39 is 5.97 Å². The number of carboxylic acid groups (broad SMARTS) is 1. The van der Waals surface area contributed by atoms with Crippen LogP contribution >= 0.6 is 0 Å². The Morgan fingerprint density at radius 2 is 2.10 bits per heavy atom. The number of aromatic nitrogens is 7. The van der Waals surface area contributed by atoms with Gasteiger partial charge in [-0.2, -0.15) is 0 Å². The largest absolute Gasteiger partial charge is 0.476 e. The quantitative estimate of drug-likeness (QED) is 0.826. The minimum absolute atomic E-state index is 0.00847. The minimum atomic E-state index is -1.06. The van der Waals surface area contributed by atoms with Gasteiger partial charge < -0.3 is 5.11 Å². The van der Waals surface area contributed by atoms with Crippen molar-refractivity contribution in [2.24, 2.45) is 5.92 Å². The zero-order valence-corrected chi connectivity index (χ0v) is 12.0. The molecular formula is C12H17N7O2. The second-order valence-electron chi connectivity index (χ2n) is 5.72. The van der Waals surface area contributed by atoms with Crippen LogP contribution in [-0.4, -0.2) is 46.3 Å². The first kappa shape index (κ1) is 13.7. The summed E-state index contributed by atoms with van der Waals surface area (Å²) in [5.41, 5.74) is 0.622. The number of nitrogens with zero attached hydrogens (tertiary/aromatic N) is 7. The number of tetrazole rings is 1. The summed E-state index contributed by atoms with van der Waals surface area (Å²) in [6.45, 7) is 4.39. The molecule has 112 valence electrons. The van der Waals surface area contributed by atoms with E-state index in [-0.39, 0.29) is 5.69 Å². The van der Waals surface area contributed by atoms with E-state index >= 15 is 0 Å². The second kappa shape index (κ2) is 5.23. The third kappa shape index (κ3) is 2.76. The molecule has 9 heteroatoms. The molecular weight excluding hydrogens is 274 g/mol. The molecule has 1 fully saturated rings. The van der Waals surface area contributed by atoms with Crippen molar-refractivity contribution in [3.63, 3.8) is 0 Å².